The van der Waals surface area contributed by atoms with E-state index in [9.17, 15) is 14.4 Å². The molecule has 0 saturated heterocycles. The van der Waals surface area contributed by atoms with Crippen LogP contribution in [0.4, 0.5) is 11.4 Å². The van der Waals surface area contributed by atoms with Gasteiger partial charge < -0.3 is 24.8 Å². The smallest absolute Gasteiger partial charge is 0.329 e. The molecule has 0 heterocycles. The SMILES string of the molecule is CCOc1ccc(NC(=O)COc2c(/C=N\NC(=O)C(=O)Nc3ccc(C)c(Cl)c3)cccc2OC)cc1. The van der Waals surface area contributed by atoms with Crippen molar-refractivity contribution in [2.75, 3.05) is 31.0 Å². The second-order valence-electron chi connectivity index (χ2n) is 7.79. The number of benzene rings is 3. The van der Waals surface area contributed by atoms with Crippen LogP contribution in [0.5, 0.6) is 17.2 Å². The molecule has 38 heavy (non-hydrogen) atoms. The first kappa shape index (κ1) is 28.0. The number of ether oxygens (including phenoxy) is 3. The van der Waals surface area contributed by atoms with E-state index in [4.69, 9.17) is 25.8 Å². The maximum absolute atomic E-state index is 12.4. The summed E-state index contributed by atoms with van der Waals surface area (Å²) in [6.45, 7) is 3.93. The van der Waals surface area contributed by atoms with Gasteiger partial charge in [-0.2, -0.15) is 5.10 Å². The normalized spacial score (nSPS) is 10.5. The van der Waals surface area contributed by atoms with Crippen molar-refractivity contribution < 1.29 is 28.6 Å². The van der Waals surface area contributed by atoms with Gasteiger partial charge >= 0.3 is 11.8 Å². The fourth-order valence-corrected chi connectivity index (χ4v) is 3.34. The number of amides is 3. The summed E-state index contributed by atoms with van der Waals surface area (Å²) >= 11 is 6.04. The monoisotopic (exact) mass is 538 g/mol. The Morgan fingerprint density at radius 2 is 1.68 bits per heavy atom. The lowest BCUT2D eigenvalue weighted by molar-refractivity contribution is -0.136. The van der Waals surface area contributed by atoms with Crippen molar-refractivity contribution >= 4 is 46.9 Å². The predicted octanol–water partition coefficient (Wildman–Crippen LogP) is 4.16. The molecule has 0 fully saturated rings. The van der Waals surface area contributed by atoms with Gasteiger partial charge in [-0.1, -0.05) is 23.7 Å². The molecule has 198 valence electrons. The highest BCUT2D eigenvalue weighted by Gasteiger charge is 2.15. The molecule has 0 saturated carbocycles. The van der Waals surface area contributed by atoms with Crippen LogP contribution in [0.15, 0.2) is 65.8 Å². The highest BCUT2D eigenvalue weighted by Crippen LogP contribution is 2.30. The number of carbonyl (C=O) groups is 3. The Morgan fingerprint density at radius 1 is 0.947 bits per heavy atom. The minimum Gasteiger partial charge on any atom is -0.494 e. The molecule has 0 aromatic heterocycles. The van der Waals surface area contributed by atoms with E-state index < -0.39 is 17.7 Å². The zero-order valence-electron chi connectivity index (χ0n) is 21.0. The molecule has 10 nitrogen and oxygen atoms in total. The Bertz CT molecular complexity index is 1330. The average Bonchev–Trinajstić information content (AvgIpc) is 2.91. The minimum atomic E-state index is -0.988. The number of anilines is 2. The van der Waals surface area contributed by atoms with E-state index in [0.717, 1.165) is 5.56 Å². The van der Waals surface area contributed by atoms with Crippen LogP contribution in [0.2, 0.25) is 5.02 Å². The molecule has 0 unspecified atom stereocenters. The first-order valence-electron chi connectivity index (χ1n) is 11.5. The van der Waals surface area contributed by atoms with Crippen molar-refractivity contribution in [3.63, 3.8) is 0 Å². The highest BCUT2D eigenvalue weighted by molar-refractivity contribution is 6.39. The van der Waals surface area contributed by atoms with Gasteiger partial charge in [-0.3, -0.25) is 14.4 Å². The number of halogens is 1. The lowest BCUT2D eigenvalue weighted by Gasteiger charge is -2.13. The zero-order chi connectivity index (χ0) is 27.5. The molecule has 0 aliphatic heterocycles. The van der Waals surface area contributed by atoms with Crippen LogP contribution in [0.3, 0.4) is 0 Å². The number of nitrogens with one attached hydrogen (secondary N) is 3. The summed E-state index contributed by atoms with van der Waals surface area (Å²) in [5.74, 6) is -1.03. The molecule has 0 aliphatic rings. The van der Waals surface area contributed by atoms with Crippen LogP contribution in [-0.4, -0.2) is 44.3 Å². The van der Waals surface area contributed by atoms with E-state index in [1.54, 1.807) is 54.6 Å². The van der Waals surface area contributed by atoms with Gasteiger partial charge in [-0.05, 0) is 67.9 Å². The van der Waals surface area contributed by atoms with Gasteiger partial charge in [0.25, 0.3) is 5.91 Å². The Hall–Kier alpha value is -4.57. The van der Waals surface area contributed by atoms with Crippen molar-refractivity contribution in [2.24, 2.45) is 5.10 Å². The molecule has 0 atom stereocenters. The summed E-state index contributed by atoms with van der Waals surface area (Å²) in [6.07, 6.45) is 1.27. The average molecular weight is 539 g/mol. The second kappa shape index (κ2) is 13.7. The number of rotatable bonds is 10. The van der Waals surface area contributed by atoms with Crippen LogP contribution in [0.25, 0.3) is 0 Å². The van der Waals surface area contributed by atoms with Crippen LogP contribution in [-0.2, 0) is 14.4 Å². The minimum absolute atomic E-state index is 0.230. The number of hydrogen-bond acceptors (Lipinski definition) is 7. The zero-order valence-corrected chi connectivity index (χ0v) is 21.8. The van der Waals surface area contributed by atoms with Crippen LogP contribution < -0.4 is 30.3 Å². The van der Waals surface area contributed by atoms with Gasteiger partial charge in [-0.25, -0.2) is 5.43 Å². The summed E-state index contributed by atoms with van der Waals surface area (Å²) < 4.78 is 16.4. The van der Waals surface area contributed by atoms with Crippen molar-refractivity contribution in [1.29, 1.82) is 0 Å². The van der Waals surface area contributed by atoms with E-state index in [0.29, 0.717) is 40.1 Å². The lowest BCUT2D eigenvalue weighted by atomic mass is 10.2. The van der Waals surface area contributed by atoms with Crippen molar-refractivity contribution in [2.45, 2.75) is 13.8 Å². The second-order valence-corrected chi connectivity index (χ2v) is 8.20. The molecular formula is C27H27ClN4O6. The first-order valence-corrected chi connectivity index (χ1v) is 11.9. The molecule has 0 bridgehead atoms. The van der Waals surface area contributed by atoms with Crippen molar-refractivity contribution in [3.05, 3.63) is 76.8 Å². The molecule has 0 aliphatic carbocycles. The van der Waals surface area contributed by atoms with Crippen LogP contribution >= 0.6 is 11.6 Å². The van der Waals surface area contributed by atoms with E-state index in [-0.39, 0.29) is 12.4 Å². The number of nitrogens with zero attached hydrogens (tertiary/aromatic N) is 1. The summed E-state index contributed by atoms with van der Waals surface area (Å²) in [7, 11) is 1.45. The van der Waals surface area contributed by atoms with Gasteiger partial charge in [0.05, 0.1) is 19.9 Å². The summed E-state index contributed by atoms with van der Waals surface area (Å²) in [5.41, 5.74) is 4.35. The third-order valence-electron chi connectivity index (χ3n) is 5.03. The molecule has 11 heteroatoms. The third kappa shape index (κ3) is 7.97. The summed E-state index contributed by atoms with van der Waals surface area (Å²) in [6, 6.07) is 16.8. The van der Waals surface area contributed by atoms with E-state index in [1.807, 2.05) is 13.8 Å². The Morgan fingerprint density at radius 3 is 2.37 bits per heavy atom. The van der Waals surface area contributed by atoms with E-state index >= 15 is 0 Å². The number of hydrazone groups is 1. The lowest BCUT2D eigenvalue weighted by Crippen LogP contribution is -2.32. The third-order valence-corrected chi connectivity index (χ3v) is 5.44. The molecular weight excluding hydrogens is 512 g/mol. The molecule has 3 amide bonds. The van der Waals surface area contributed by atoms with E-state index in [1.165, 1.54) is 19.4 Å². The van der Waals surface area contributed by atoms with Gasteiger partial charge in [0, 0.05) is 22.0 Å². The quantitative estimate of drug-likeness (QED) is 0.202. The topological polar surface area (TPSA) is 127 Å². The predicted molar refractivity (Wildman–Crippen MR) is 145 cm³/mol. The van der Waals surface area contributed by atoms with Crippen LogP contribution in [0, 0.1) is 6.92 Å². The number of para-hydroxylation sites is 1. The standard InChI is InChI=1S/C27H27ClN4O6/c1-4-37-21-12-10-19(11-13-21)30-24(33)16-38-25-18(6-5-7-23(25)36-3)15-29-32-27(35)26(34)31-20-9-8-17(2)22(28)14-20/h5-15H,4,16H2,1-3H3,(H,30,33)(H,31,34)(H,32,35)/b29-15-. The molecule has 0 radical (unpaired) electrons. The largest absolute Gasteiger partial charge is 0.494 e. The Balaban J connectivity index is 1.60. The summed E-state index contributed by atoms with van der Waals surface area (Å²) in [5, 5.41) is 9.47. The van der Waals surface area contributed by atoms with Gasteiger partial charge in [-0.15, -0.1) is 0 Å². The fraction of sp³-hybridized carbons (Fsp3) is 0.185. The maximum Gasteiger partial charge on any atom is 0.329 e. The molecule has 3 rings (SSSR count). The number of hydrogen-bond donors (Lipinski definition) is 3. The van der Waals surface area contributed by atoms with Crippen LogP contribution in [0.1, 0.15) is 18.1 Å². The molecule has 3 aromatic carbocycles. The molecule has 0 spiro atoms. The molecule has 3 aromatic rings. The number of aryl methyl sites for hydroxylation is 1. The Labute approximate surface area is 224 Å². The number of methoxy groups -OCH3 is 1. The summed E-state index contributed by atoms with van der Waals surface area (Å²) in [4.78, 5) is 36.7. The highest BCUT2D eigenvalue weighted by atomic mass is 35.5. The van der Waals surface area contributed by atoms with Gasteiger partial charge in [0.15, 0.2) is 18.1 Å². The van der Waals surface area contributed by atoms with Crippen molar-refractivity contribution in [1.82, 2.24) is 5.43 Å². The van der Waals surface area contributed by atoms with Gasteiger partial charge in [0.1, 0.15) is 5.75 Å². The number of carbonyl (C=O) groups excluding carboxylic acids is 3. The Kier molecular flexibility index (Phi) is 10.1. The first-order chi connectivity index (χ1) is 18.3. The van der Waals surface area contributed by atoms with Crippen molar-refractivity contribution in [3.8, 4) is 17.2 Å². The fourth-order valence-electron chi connectivity index (χ4n) is 3.16. The van der Waals surface area contributed by atoms with E-state index in [2.05, 4.69) is 21.2 Å². The van der Waals surface area contributed by atoms with Gasteiger partial charge in [0.2, 0.25) is 0 Å². The molecule has 3 N–H and O–H groups in total. The maximum atomic E-state index is 12.4.